The maximum Gasteiger partial charge on any atom is 0.271 e. The number of rotatable bonds is 4. The van der Waals surface area contributed by atoms with Gasteiger partial charge in [0.15, 0.2) is 0 Å². The number of aromatic nitrogens is 2. The first kappa shape index (κ1) is 18.9. The number of pyridine rings is 2. The molecule has 30 heavy (non-hydrogen) atoms. The highest BCUT2D eigenvalue weighted by Gasteiger charge is 2.16. The van der Waals surface area contributed by atoms with Crippen molar-refractivity contribution in [3.63, 3.8) is 0 Å². The highest BCUT2D eigenvalue weighted by Crippen LogP contribution is 2.25. The fourth-order valence-corrected chi connectivity index (χ4v) is 3.02. The third-order valence-corrected chi connectivity index (χ3v) is 4.47. The van der Waals surface area contributed by atoms with E-state index >= 15 is 0 Å². The maximum atomic E-state index is 12.9. The van der Waals surface area contributed by atoms with Gasteiger partial charge >= 0.3 is 0 Å². The Hall–Kier alpha value is -4.46. The number of nitrogens with zero attached hydrogens (tertiary/aromatic N) is 3. The minimum absolute atomic E-state index is 0.0446. The number of carbonyl (C=O) groups excluding carboxylic acids is 1. The summed E-state index contributed by atoms with van der Waals surface area (Å²) in [5, 5.41) is 24.9. The second-order valence-corrected chi connectivity index (χ2v) is 6.36. The average molecular weight is 400 g/mol. The van der Waals surface area contributed by atoms with Gasteiger partial charge in [0.05, 0.1) is 11.8 Å². The smallest absolute Gasteiger partial charge is 0.271 e. The summed E-state index contributed by atoms with van der Waals surface area (Å²) in [4.78, 5) is 29.3. The molecule has 0 aliphatic rings. The van der Waals surface area contributed by atoms with Crippen LogP contribution < -0.4 is 11.0 Å². The van der Waals surface area contributed by atoms with Gasteiger partial charge in [-0.1, -0.05) is 24.3 Å². The predicted octanol–water partition coefficient (Wildman–Crippen LogP) is 2.56. The molecule has 4 aromatic rings. The summed E-state index contributed by atoms with van der Waals surface area (Å²) in [7, 11) is 0. The van der Waals surface area contributed by atoms with Crippen LogP contribution in [0.25, 0.3) is 16.6 Å². The Kier molecular flexibility index (Phi) is 4.96. The molecule has 0 unspecified atom stereocenters. The third kappa shape index (κ3) is 3.49. The molecule has 0 aliphatic carbocycles. The molecule has 148 valence electrons. The second kappa shape index (κ2) is 7.88. The lowest BCUT2D eigenvalue weighted by Gasteiger charge is -2.12. The van der Waals surface area contributed by atoms with E-state index in [2.05, 4.69) is 15.5 Å². The van der Waals surface area contributed by atoms with Gasteiger partial charge in [0.25, 0.3) is 11.5 Å². The van der Waals surface area contributed by atoms with Crippen LogP contribution in [0.15, 0.2) is 82.8 Å². The highest BCUT2D eigenvalue weighted by molar-refractivity contribution is 6.02. The number of hydrazone groups is 1. The first-order valence-electron chi connectivity index (χ1n) is 8.97. The van der Waals surface area contributed by atoms with Crippen LogP contribution in [0.2, 0.25) is 0 Å². The molecule has 0 saturated heterocycles. The van der Waals surface area contributed by atoms with Crippen molar-refractivity contribution in [3.05, 3.63) is 94.4 Å². The molecule has 4 rings (SSSR count). The Morgan fingerprint density at radius 3 is 2.37 bits per heavy atom. The van der Waals surface area contributed by atoms with Crippen LogP contribution in [0.3, 0.4) is 0 Å². The van der Waals surface area contributed by atoms with Crippen LogP contribution in [0, 0.1) is 0 Å². The molecule has 3 N–H and O–H groups in total. The number of hydrogen-bond acceptors (Lipinski definition) is 6. The normalized spacial score (nSPS) is 11.1. The monoisotopic (exact) mass is 400 g/mol. The predicted molar refractivity (Wildman–Crippen MR) is 112 cm³/mol. The standard InChI is InChI=1S/C22H16N4O4/c27-15-10-8-14(9-11-15)20(28)25-24-13-18-16-5-1-2-6-17(16)21(29)26(22(18)30)19-7-3-4-12-23-19/h1-13,27,30H,(H,25,28)/b24-13+. The van der Waals surface area contributed by atoms with Gasteiger partial charge in [-0.2, -0.15) is 5.10 Å². The number of phenolic OH excluding ortho intramolecular Hbond substituents is 1. The fourth-order valence-electron chi connectivity index (χ4n) is 3.02. The van der Waals surface area contributed by atoms with E-state index in [1.807, 2.05) is 0 Å². The molecule has 8 heteroatoms. The fraction of sp³-hybridized carbons (Fsp3) is 0. The maximum absolute atomic E-state index is 12.9. The number of hydrogen-bond donors (Lipinski definition) is 3. The molecule has 2 heterocycles. The molecule has 0 bridgehead atoms. The van der Waals surface area contributed by atoms with Crippen molar-refractivity contribution in [2.75, 3.05) is 0 Å². The Morgan fingerprint density at radius 1 is 0.967 bits per heavy atom. The van der Waals surface area contributed by atoms with Crippen molar-refractivity contribution >= 4 is 22.9 Å². The summed E-state index contributed by atoms with van der Waals surface area (Å²) >= 11 is 0. The van der Waals surface area contributed by atoms with E-state index in [0.29, 0.717) is 16.3 Å². The van der Waals surface area contributed by atoms with Crippen LogP contribution in [-0.4, -0.2) is 31.9 Å². The Bertz CT molecular complexity index is 1310. The van der Waals surface area contributed by atoms with Crippen LogP contribution >= 0.6 is 0 Å². The quantitative estimate of drug-likeness (QED) is 0.360. The van der Waals surface area contributed by atoms with E-state index in [-0.39, 0.29) is 23.0 Å². The minimum Gasteiger partial charge on any atom is -0.508 e. The van der Waals surface area contributed by atoms with Gasteiger partial charge in [-0.25, -0.2) is 15.0 Å². The van der Waals surface area contributed by atoms with Crippen molar-refractivity contribution in [2.24, 2.45) is 5.10 Å². The van der Waals surface area contributed by atoms with Gasteiger partial charge in [-0.3, -0.25) is 9.59 Å². The summed E-state index contributed by atoms with van der Waals surface area (Å²) in [6.07, 6.45) is 2.79. The summed E-state index contributed by atoms with van der Waals surface area (Å²) in [5.41, 5.74) is 2.50. The van der Waals surface area contributed by atoms with Gasteiger partial charge in [0.1, 0.15) is 11.6 Å². The van der Waals surface area contributed by atoms with E-state index in [1.54, 1.807) is 42.5 Å². The molecule has 0 atom stereocenters. The number of phenols is 1. The SMILES string of the molecule is O=C(N/N=C/c1c(O)n(-c2ccccn2)c(=O)c2ccccc12)c1ccc(O)cc1. The minimum atomic E-state index is -0.493. The number of benzene rings is 2. The topological polar surface area (TPSA) is 117 Å². The second-order valence-electron chi connectivity index (χ2n) is 6.36. The molecular formula is C22H16N4O4. The lowest BCUT2D eigenvalue weighted by atomic mass is 10.1. The van der Waals surface area contributed by atoms with Crippen LogP contribution in [-0.2, 0) is 0 Å². The summed E-state index contributed by atoms with van der Waals surface area (Å²) in [5.74, 6) is -0.537. The molecule has 0 aliphatic heterocycles. The molecule has 0 radical (unpaired) electrons. The van der Waals surface area contributed by atoms with Crippen molar-refractivity contribution in [1.29, 1.82) is 0 Å². The molecule has 2 aromatic carbocycles. The van der Waals surface area contributed by atoms with E-state index in [1.165, 1.54) is 36.7 Å². The highest BCUT2D eigenvalue weighted by atomic mass is 16.3. The summed E-state index contributed by atoms with van der Waals surface area (Å²) in [6, 6.07) is 17.5. The number of amides is 1. The van der Waals surface area contributed by atoms with Crippen LogP contribution in [0.1, 0.15) is 15.9 Å². The van der Waals surface area contributed by atoms with E-state index in [0.717, 1.165) is 4.57 Å². The summed E-state index contributed by atoms with van der Waals surface area (Å²) < 4.78 is 1.09. The molecule has 2 aromatic heterocycles. The number of fused-ring (bicyclic) bond motifs is 1. The van der Waals surface area contributed by atoms with Gasteiger partial charge < -0.3 is 10.2 Å². The van der Waals surface area contributed by atoms with Crippen LogP contribution in [0.4, 0.5) is 0 Å². The van der Waals surface area contributed by atoms with E-state index in [4.69, 9.17) is 0 Å². The first-order valence-corrected chi connectivity index (χ1v) is 8.97. The first-order chi connectivity index (χ1) is 14.6. The lowest BCUT2D eigenvalue weighted by Crippen LogP contribution is -2.21. The Morgan fingerprint density at radius 2 is 1.67 bits per heavy atom. The van der Waals surface area contributed by atoms with Crippen molar-refractivity contribution < 1.29 is 15.0 Å². The molecule has 0 spiro atoms. The van der Waals surface area contributed by atoms with E-state index in [9.17, 15) is 19.8 Å². The van der Waals surface area contributed by atoms with Gasteiger partial charge in [-0.05, 0) is 42.5 Å². The number of nitrogens with one attached hydrogen (secondary N) is 1. The Balaban J connectivity index is 1.76. The molecule has 0 saturated carbocycles. The van der Waals surface area contributed by atoms with E-state index < -0.39 is 11.5 Å². The molecular weight excluding hydrogens is 384 g/mol. The molecule has 8 nitrogen and oxygen atoms in total. The van der Waals surface area contributed by atoms with Crippen molar-refractivity contribution in [2.45, 2.75) is 0 Å². The zero-order chi connectivity index (χ0) is 21.1. The third-order valence-electron chi connectivity index (χ3n) is 4.47. The van der Waals surface area contributed by atoms with Gasteiger partial charge in [0.2, 0.25) is 5.88 Å². The van der Waals surface area contributed by atoms with Gasteiger partial charge in [0, 0.05) is 22.5 Å². The zero-order valence-electron chi connectivity index (χ0n) is 15.6. The number of carbonyl (C=O) groups is 1. The molecule has 1 amide bonds. The average Bonchev–Trinajstić information content (AvgIpc) is 2.77. The van der Waals surface area contributed by atoms with Crippen LogP contribution in [0.5, 0.6) is 11.6 Å². The van der Waals surface area contributed by atoms with Gasteiger partial charge in [-0.15, -0.1) is 0 Å². The summed E-state index contributed by atoms with van der Waals surface area (Å²) in [6.45, 7) is 0. The zero-order valence-corrected chi connectivity index (χ0v) is 15.6. The van der Waals surface area contributed by atoms with Crippen molar-refractivity contribution in [3.8, 4) is 17.4 Å². The number of aromatic hydroxyl groups is 2. The largest absolute Gasteiger partial charge is 0.508 e. The Labute approximate surface area is 170 Å². The van der Waals surface area contributed by atoms with Crippen molar-refractivity contribution in [1.82, 2.24) is 15.0 Å². The lowest BCUT2D eigenvalue weighted by molar-refractivity contribution is 0.0955. The molecule has 0 fully saturated rings.